The van der Waals surface area contributed by atoms with Crippen LogP contribution in [0.2, 0.25) is 0 Å². The van der Waals surface area contributed by atoms with E-state index in [1.54, 1.807) is 0 Å². The Labute approximate surface area is 136 Å². The molecule has 0 amide bonds. The number of hydrogen-bond donors (Lipinski definition) is 1. The monoisotopic (exact) mass is 355 g/mol. The summed E-state index contributed by atoms with van der Waals surface area (Å²) < 4.78 is 6.55. The second-order valence-corrected chi connectivity index (χ2v) is 6.78. The first-order valence-electron chi connectivity index (χ1n) is 7.69. The summed E-state index contributed by atoms with van der Waals surface area (Å²) in [6, 6.07) is 2.55. The van der Waals surface area contributed by atoms with Crippen molar-refractivity contribution in [2.24, 2.45) is 0 Å². The topological polar surface area (TPSA) is 37.4 Å². The molecule has 1 aliphatic heterocycles. The van der Waals surface area contributed by atoms with Crippen LogP contribution in [0.5, 0.6) is 0 Å². The molecule has 118 valence electrons. The highest BCUT2D eigenvalue weighted by Crippen LogP contribution is 2.27. The predicted octanol–water partition coefficient (Wildman–Crippen LogP) is 2.48. The molecule has 0 aromatic carbocycles. The van der Waals surface area contributed by atoms with Crippen molar-refractivity contribution in [1.82, 2.24) is 15.2 Å². The first-order chi connectivity index (χ1) is 10.1. The van der Waals surface area contributed by atoms with Crippen LogP contribution in [-0.4, -0.2) is 54.8 Å². The standard InChI is InChI=1S/C16H26BrN3O/c1-4-16(2,20-5-7-21-8-6-20)15(18-3)10-13-9-14(17)12-19-11-13/h9,11-12,15,18H,4-8,10H2,1-3H3. The van der Waals surface area contributed by atoms with Crippen LogP contribution < -0.4 is 5.32 Å². The summed E-state index contributed by atoms with van der Waals surface area (Å²) in [6.07, 6.45) is 5.88. The maximum atomic E-state index is 5.51. The first-order valence-corrected chi connectivity index (χ1v) is 8.49. The summed E-state index contributed by atoms with van der Waals surface area (Å²) in [7, 11) is 2.06. The van der Waals surface area contributed by atoms with Crippen LogP contribution in [0.1, 0.15) is 25.8 Å². The van der Waals surface area contributed by atoms with Crippen LogP contribution in [0.15, 0.2) is 22.9 Å². The zero-order valence-corrected chi connectivity index (χ0v) is 14.8. The lowest BCUT2D eigenvalue weighted by molar-refractivity contribution is -0.0313. The van der Waals surface area contributed by atoms with E-state index in [1.165, 1.54) is 5.56 Å². The Kier molecular flexibility index (Phi) is 6.17. The number of morpholine rings is 1. The average Bonchev–Trinajstić information content (AvgIpc) is 2.53. The van der Waals surface area contributed by atoms with Crippen molar-refractivity contribution in [3.8, 4) is 0 Å². The van der Waals surface area contributed by atoms with Gasteiger partial charge in [0.25, 0.3) is 0 Å². The Bertz CT molecular complexity index is 451. The molecule has 1 fully saturated rings. The summed E-state index contributed by atoms with van der Waals surface area (Å²) in [4.78, 5) is 6.86. The number of likely N-dealkylation sites (N-methyl/N-ethyl adjacent to an activating group) is 1. The van der Waals surface area contributed by atoms with Gasteiger partial charge in [0.15, 0.2) is 0 Å². The summed E-state index contributed by atoms with van der Waals surface area (Å²) in [5.74, 6) is 0. The molecule has 0 bridgehead atoms. The molecule has 1 N–H and O–H groups in total. The van der Waals surface area contributed by atoms with E-state index in [0.717, 1.165) is 43.6 Å². The zero-order chi connectivity index (χ0) is 15.3. The van der Waals surface area contributed by atoms with Crippen LogP contribution >= 0.6 is 15.9 Å². The minimum absolute atomic E-state index is 0.126. The highest BCUT2D eigenvalue weighted by Gasteiger charge is 2.38. The number of ether oxygens (including phenoxy) is 1. The third kappa shape index (κ3) is 4.03. The molecule has 5 heteroatoms. The van der Waals surface area contributed by atoms with E-state index < -0.39 is 0 Å². The van der Waals surface area contributed by atoms with Crippen LogP contribution in [0.4, 0.5) is 0 Å². The lowest BCUT2D eigenvalue weighted by Gasteiger charge is -2.48. The molecule has 1 aromatic heterocycles. The molecule has 2 heterocycles. The van der Waals surface area contributed by atoms with E-state index in [1.807, 2.05) is 12.4 Å². The Hall–Kier alpha value is -0.490. The van der Waals surface area contributed by atoms with Gasteiger partial charge in [-0.15, -0.1) is 0 Å². The van der Waals surface area contributed by atoms with Gasteiger partial charge in [-0.05, 0) is 54.4 Å². The molecule has 1 aromatic rings. The van der Waals surface area contributed by atoms with Gasteiger partial charge in [0.1, 0.15) is 0 Å². The molecule has 2 rings (SSSR count). The lowest BCUT2D eigenvalue weighted by Crippen LogP contribution is -2.62. The van der Waals surface area contributed by atoms with Crippen LogP contribution in [0, 0.1) is 0 Å². The van der Waals surface area contributed by atoms with Crippen LogP contribution in [-0.2, 0) is 11.2 Å². The molecule has 0 spiro atoms. The largest absolute Gasteiger partial charge is 0.379 e. The number of aromatic nitrogens is 1. The zero-order valence-electron chi connectivity index (χ0n) is 13.2. The van der Waals surface area contributed by atoms with Crippen molar-refractivity contribution < 1.29 is 4.74 Å². The smallest absolute Gasteiger partial charge is 0.0594 e. The summed E-state index contributed by atoms with van der Waals surface area (Å²) >= 11 is 3.51. The Balaban J connectivity index is 2.16. The van der Waals surface area contributed by atoms with Gasteiger partial charge in [0.05, 0.1) is 13.2 Å². The van der Waals surface area contributed by atoms with Gasteiger partial charge in [-0.25, -0.2) is 0 Å². The average molecular weight is 356 g/mol. The molecule has 2 atom stereocenters. The Morgan fingerprint density at radius 1 is 1.43 bits per heavy atom. The fourth-order valence-corrected chi connectivity index (χ4v) is 3.61. The van der Waals surface area contributed by atoms with Crippen molar-refractivity contribution in [2.75, 3.05) is 33.4 Å². The highest BCUT2D eigenvalue weighted by molar-refractivity contribution is 9.10. The van der Waals surface area contributed by atoms with Gasteiger partial charge in [0.2, 0.25) is 0 Å². The third-order valence-corrected chi connectivity index (χ3v) is 5.18. The van der Waals surface area contributed by atoms with Crippen molar-refractivity contribution in [2.45, 2.75) is 38.3 Å². The molecule has 0 saturated carbocycles. The van der Waals surface area contributed by atoms with Crippen LogP contribution in [0.3, 0.4) is 0 Å². The molecule has 1 aliphatic rings. The van der Waals surface area contributed by atoms with E-state index in [2.05, 4.69) is 58.1 Å². The number of hydrogen-bond acceptors (Lipinski definition) is 4. The van der Waals surface area contributed by atoms with E-state index in [0.29, 0.717) is 6.04 Å². The van der Waals surface area contributed by atoms with Gasteiger partial charge in [-0.2, -0.15) is 0 Å². The van der Waals surface area contributed by atoms with Gasteiger partial charge in [-0.1, -0.05) is 6.92 Å². The number of nitrogens with one attached hydrogen (secondary N) is 1. The number of rotatable bonds is 6. The van der Waals surface area contributed by atoms with Crippen molar-refractivity contribution >= 4 is 15.9 Å². The maximum absolute atomic E-state index is 5.51. The molecular formula is C16H26BrN3O. The van der Waals surface area contributed by atoms with Crippen molar-refractivity contribution in [3.63, 3.8) is 0 Å². The molecule has 21 heavy (non-hydrogen) atoms. The molecular weight excluding hydrogens is 330 g/mol. The molecule has 0 radical (unpaired) electrons. The predicted molar refractivity (Wildman–Crippen MR) is 89.6 cm³/mol. The quantitative estimate of drug-likeness (QED) is 0.850. The minimum atomic E-state index is 0.126. The summed E-state index contributed by atoms with van der Waals surface area (Å²) in [6.45, 7) is 8.34. The van der Waals surface area contributed by atoms with Gasteiger partial charge < -0.3 is 10.1 Å². The van der Waals surface area contributed by atoms with E-state index in [9.17, 15) is 0 Å². The molecule has 1 saturated heterocycles. The van der Waals surface area contributed by atoms with Gasteiger partial charge >= 0.3 is 0 Å². The third-order valence-electron chi connectivity index (χ3n) is 4.75. The first kappa shape index (κ1) is 16.9. The van der Waals surface area contributed by atoms with Gasteiger partial charge in [-0.3, -0.25) is 9.88 Å². The maximum Gasteiger partial charge on any atom is 0.0594 e. The van der Waals surface area contributed by atoms with Gasteiger partial charge in [0, 0.05) is 41.5 Å². The lowest BCUT2D eigenvalue weighted by atomic mass is 9.83. The summed E-state index contributed by atoms with van der Waals surface area (Å²) in [5.41, 5.74) is 1.39. The van der Waals surface area contributed by atoms with Crippen molar-refractivity contribution in [3.05, 3.63) is 28.5 Å². The Morgan fingerprint density at radius 3 is 2.71 bits per heavy atom. The fourth-order valence-electron chi connectivity index (χ4n) is 3.20. The van der Waals surface area contributed by atoms with E-state index in [-0.39, 0.29) is 5.54 Å². The van der Waals surface area contributed by atoms with E-state index >= 15 is 0 Å². The normalized spacial score (nSPS) is 21.0. The number of halogens is 1. The number of nitrogens with zero attached hydrogens (tertiary/aromatic N) is 2. The second-order valence-electron chi connectivity index (χ2n) is 5.87. The van der Waals surface area contributed by atoms with Crippen molar-refractivity contribution in [1.29, 1.82) is 0 Å². The molecule has 2 unspecified atom stereocenters. The highest BCUT2D eigenvalue weighted by atomic mass is 79.9. The SMILES string of the molecule is CCC(C)(C(Cc1cncc(Br)c1)NC)N1CCOCC1. The number of pyridine rings is 1. The molecule has 4 nitrogen and oxygen atoms in total. The van der Waals surface area contributed by atoms with Crippen LogP contribution in [0.25, 0.3) is 0 Å². The second kappa shape index (κ2) is 7.68. The molecule has 0 aliphatic carbocycles. The summed E-state index contributed by atoms with van der Waals surface area (Å²) in [5, 5.41) is 3.53. The Morgan fingerprint density at radius 2 is 2.14 bits per heavy atom. The minimum Gasteiger partial charge on any atom is -0.379 e. The fraction of sp³-hybridized carbons (Fsp3) is 0.688. The van der Waals surface area contributed by atoms with E-state index in [4.69, 9.17) is 4.74 Å².